The molecule has 0 atom stereocenters. The first-order valence-corrected chi connectivity index (χ1v) is 7.47. The van der Waals surface area contributed by atoms with Gasteiger partial charge in [0.25, 0.3) is 0 Å². The molecule has 1 fully saturated rings. The number of ether oxygens (including phenoxy) is 1. The van der Waals surface area contributed by atoms with Crippen molar-refractivity contribution >= 4 is 27.6 Å². The van der Waals surface area contributed by atoms with Crippen LogP contribution in [0, 0.1) is 5.41 Å². The van der Waals surface area contributed by atoms with Crippen molar-refractivity contribution < 1.29 is 9.53 Å². The van der Waals surface area contributed by atoms with Gasteiger partial charge in [-0.3, -0.25) is 9.78 Å². The van der Waals surface area contributed by atoms with Crippen molar-refractivity contribution in [2.45, 2.75) is 32.6 Å². The predicted octanol–water partition coefficient (Wildman–Crippen LogP) is 3.38. The molecule has 0 unspecified atom stereocenters. The van der Waals surface area contributed by atoms with Gasteiger partial charge in [-0.1, -0.05) is 12.8 Å². The van der Waals surface area contributed by atoms with E-state index in [4.69, 9.17) is 4.74 Å². The van der Waals surface area contributed by atoms with Crippen molar-refractivity contribution in [1.29, 1.82) is 0 Å². The molecule has 1 aromatic heterocycles. The highest BCUT2D eigenvalue weighted by Gasteiger charge is 2.42. The fourth-order valence-electron chi connectivity index (χ4n) is 2.57. The second-order valence-electron chi connectivity index (χ2n) is 4.95. The third-order valence-corrected chi connectivity index (χ3v) is 4.04. The molecule has 1 N–H and O–H groups in total. The van der Waals surface area contributed by atoms with Crippen molar-refractivity contribution in [3.63, 3.8) is 0 Å². The van der Waals surface area contributed by atoms with Gasteiger partial charge in [-0.2, -0.15) is 0 Å². The van der Waals surface area contributed by atoms with Gasteiger partial charge in [0.15, 0.2) is 0 Å². The van der Waals surface area contributed by atoms with E-state index in [2.05, 4.69) is 26.2 Å². The van der Waals surface area contributed by atoms with Gasteiger partial charge in [-0.15, -0.1) is 0 Å². The average molecular weight is 327 g/mol. The van der Waals surface area contributed by atoms with E-state index in [0.717, 1.165) is 35.8 Å². The maximum absolute atomic E-state index is 12.2. The van der Waals surface area contributed by atoms with Gasteiger partial charge in [-0.25, -0.2) is 0 Å². The molecule has 19 heavy (non-hydrogen) atoms. The van der Waals surface area contributed by atoms with Crippen molar-refractivity contribution in [2.75, 3.05) is 18.5 Å². The third kappa shape index (κ3) is 3.47. The maximum Gasteiger partial charge on any atom is 0.313 e. The van der Waals surface area contributed by atoms with Crippen LogP contribution < -0.4 is 5.32 Å². The van der Waals surface area contributed by atoms with Gasteiger partial charge in [0, 0.05) is 17.2 Å². The fraction of sp³-hybridized carbons (Fsp3) is 0.571. The summed E-state index contributed by atoms with van der Waals surface area (Å²) in [6.07, 6.45) is 7.50. The number of carbonyl (C=O) groups excluding carboxylic acids is 1. The van der Waals surface area contributed by atoms with Crippen LogP contribution in [0.4, 0.5) is 5.69 Å². The Bertz CT molecular complexity index is 445. The molecule has 1 saturated carbocycles. The minimum atomic E-state index is -0.363. The molecule has 2 rings (SSSR count). The first kappa shape index (κ1) is 14.3. The number of nitrogens with one attached hydrogen (secondary N) is 1. The molecule has 104 valence electrons. The van der Waals surface area contributed by atoms with Crippen LogP contribution in [0.3, 0.4) is 0 Å². The summed E-state index contributed by atoms with van der Waals surface area (Å²) in [5.74, 6) is -0.0667. The van der Waals surface area contributed by atoms with Crippen molar-refractivity contribution in [3.8, 4) is 0 Å². The second-order valence-corrected chi connectivity index (χ2v) is 5.87. The molecular formula is C14H19BrN2O2. The van der Waals surface area contributed by atoms with E-state index < -0.39 is 0 Å². The number of hydrogen-bond donors (Lipinski definition) is 1. The summed E-state index contributed by atoms with van der Waals surface area (Å²) in [5.41, 5.74) is 0.558. The third-order valence-electron chi connectivity index (χ3n) is 3.60. The molecule has 1 heterocycles. The highest BCUT2D eigenvalue weighted by Crippen LogP contribution is 2.39. The first-order chi connectivity index (χ1) is 9.16. The Kier molecular flexibility index (Phi) is 4.80. The summed E-state index contributed by atoms with van der Waals surface area (Å²) in [7, 11) is 0. The largest absolute Gasteiger partial charge is 0.466 e. The van der Waals surface area contributed by atoms with E-state index in [1.807, 2.05) is 13.0 Å². The van der Waals surface area contributed by atoms with Gasteiger partial charge in [0.1, 0.15) is 0 Å². The lowest BCUT2D eigenvalue weighted by molar-refractivity contribution is -0.154. The van der Waals surface area contributed by atoms with Crippen LogP contribution in [0.5, 0.6) is 0 Å². The Labute approximate surface area is 122 Å². The highest BCUT2D eigenvalue weighted by atomic mass is 79.9. The molecule has 0 bridgehead atoms. The van der Waals surface area contributed by atoms with Crippen LogP contribution in [-0.2, 0) is 9.53 Å². The predicted molar refractivity (Wildman–Crippen MR) is 78.0 cm³/mol. The molecule has 5 heteroatoms. The molecule has 0 spiro atoms. The summed E-state index contributed by atoms with van der Waals surface area (Å²) < 4.78 is 6.16. The van der Waals surface area contributed by atoms with Crippen LogP contribution in [0.25, 0.3) is 0 Å². The zero-order valence-corrected chi connectivity index (χ0v) is 12.7. The Morgan fingerprint density at radius 2 is 2.21 bits per heavy atom. The normalized spacial score (nSPS) is 17.2. The number of pyridine rings is 1. The van der Waals surface area contributed by atoms with Gasteiger partial charge in [-0.05, 0) is 41.8 Å². The molecule has 1 aliphatic carbocycles. The quantitative estimate of drug-likeness (QED) is 0.843. The van der Waals surface area contributed by atoms with E-state index in [1.165, 1.54) is 0 Å². The van der Waals surface area contributed by atoms with Crippen molar-refractivity contribution in [1.82, 2.24) is 4.98 Å². The van der Waals surface area contributed by atoms with E-state index in [-0.39, 0.29) is 11.4 Å². The van der Waals surface area contributed by atoms with E-state index >= 15 is 0 Å². The van der Waals surface area contributed by atoms with Crippen LogP contribution in [0.1, 0.15) is 32.6 Å². The van der Waals surface area contributed by atoms with Crippen molar-refractivity contribution in [3.05, 3.63) is 22.9 Å². The Hall–Kier alpha value is -1.10. The lowest BCUT2D eigenvalue weighted by Crippen LogP contribution is -2.37. The summed E-state index contributed by atoms with van der Waals surface area (Å²) >= 11 is 3.39. The summed E-state index contributed by atoms with van der Waals surface area (Å²) in [5, 5.41) is 3.31. The molecule has 0 amide bonds. The minimum Gasteiger partial charge on any atom is -0.466 e. The first-order valence-electron chi connectivity index (χ1n) is 6.68. The van der Waals surface area contributed by atoms with Gasteiger partial charge >= 0.3 is 5.97 Å². The summed E-state index contributed by atoms with van der Waals surface area (Å²) in [6.45, 7) is 2.91. The SMILES string of the molecule is CCOC(=O)C1(CNc2cncc(Br)c2)CCCC1. The fourth-order valence-corrected chi connectivity index (χ4v) is 2.93. The number of carbonyl (C=O) groups is 1. The zero-order valence-electron chi connectivity index (χ0n) is 11.1. The molecule has 0 radical (unpaired) electrons. The number of nitrogens with zero attached hydrogens (tertiary/aromatic N) is 1. The standard InChI is InChI=1S/C14H19BrN2O2/c1-2-19-13(18)14(5-3-4-6-14)10-17-12-7-11(15)8-16-9-12/h7-9,17H,2-6,10H2,1H3. The van der Waals surface area contributed by atoms with Crippen molar-refractivity contribution in [2.24, 2.45) is 5.41 Å². The average Bonchev–Trinajstić information content (AvgIpc) is 2.87. The smallest absolute Gasteiger partial charge is 0.313 e. The summed E-state index contributed by atoms with van der Waals surface area (Å²) in [4.78, 5) is 16.3. The van der Waals surface area contributed by atoms with E-state index in [1.54, 1.807) is 12.4 Å². The number of anilines is 1. The van der Waals surface area contributed by atoms with Gasteiger partial charge in [0.2, 0.25) is 0 Å². The van der Waals surface area contributed by atoms with Gasteiger partial charge in [0.05, 0.1) is 23.9 Å². The van der Waals surface area contributed by atoms with E-state index in [0.29, 0.717) is 13.2 Å². The van der Waals surface area contributed by atoms with Crippen LogP contribution >= 0.6 is 15.9 Å². The topological polar surface area (TPSA) is 51.2 Å². The summed E-state index contributed by atoms with van der Waals surface area (Å²) in [6, 6.07) is 1.96. The molecule has 1 aromatic rings. The molecule has 0 aromatic carbocycles. The maximum atomic E-state index is 12.2. The second kappa shape index (κ2) is 6.37. The Morgan fingerprint density at radius 3 is 2.84 bits per heavy atom. The lowest BCUT2D eigenvalue weighted by atomic mass is 9.86. The molecule has 1 aliphatic rings. The molecule has 4 nitrogen and oxygen atoms in total. The number of esters is 1. The number of halogens is 1. The van der Waals surface area contributed by atoms with E-state index in [9.17, 15) is 4.79 Å². The van der Waals surface area contributed by atoms with Crippen LogP contribution in [0.15, 0.2) is 22.9 Å². The minimum absolute atomic E-state index is 0.0667. The zero-order chi connectivity index (χ0) is 13.7. The van der Waals surface area contributed by atoms with Crippen LogP contribution in [0.2, 0.25) is 0 Å². The Morgan fingerprint density at radius 1 is 1.47 bits per heavy atom. The Balaban J connectivity index is 2.03. The lowest BCUT2D eigenvalue weighted by Gasteiger charge is -2.27. The molecule has 0 saturated heterocycles. The van der Waals surface area contributed by atoms with Gasteiger partial charge < -0.3 is 10.1 Å². The molecular weight excluding hydrogens is 308 g/mol. The molecule has 0 aliphatic heterocycles. The highest BCUT2D eigenvalue weighted by molar-refractivity contribution is 9.10. The number of hydrogen-bond acceptors (Lipinski definition) is 4. The number of aromatic nitrogens is 1. The monoisotopic (exact) mass is 326 g/mol. The number of rotatable bonds is 5. The van der Waals surface area contributed by atoms with Crippen LogP contribution in [-0.4, -0.2) is 24.1 Å².